The number of para-hydroxylation sites is 1. The molecule has 20 heavy (non-hydrogen) atoms. The molecule has 0 bridgehead atoms. The van der Waals surface area contributed by atoms with Crippen molar-refractivity contribution in [3.63, 3.8) is 0 Å². The number of rotatable bonds is 4. The molecule has 0 aromatic heterocycles. The zero-order chi connectivity index (χ0) is 13.8. The van der Waals surface area contributed by atoms with E-state index in [2.05, 4.69) is 10.6 Å². The molecule has 1 unspecified atom stereocenters. The first-order valence-electron chi connectivity index (χ1n) is 7.24. The molecule has 2 aliphatic rings. The molecule has 0 saturated carbocycles. The van der Waals surface area contributed by atoms with Crippen molar-refractivity contribution in [2.45, 2.75) is 25.4 Å². The lowest BCUT2D eigenvalue weighted by Gasteiger charge is -2.21. The number of hydrogen-bond donors (Lipinski definition) is 2. The summed E-state index contributed by atoms with van der Waals surface area (Å²) in [5.74, 6) is 0.580. The summed E-state index contributed by atoms with van der Waals surface area (Å²) in [4.78, 5) is 12.2. The van der Waals surface area contributed by atoms with E-state index in [1.807, 2.05) is 12.1 Å². The summed E-state index contributed by atoms with van der Waals surface area (Å²) in [7, 11) is 0. The number of carbonyl (C=O) groups excluding carboxylic acids is 1. The van der Waals surface area contributed by atoms with Crippen molar-refractivity contribution in [1.29, 1.82) is 0 Å². The molecule has 1 amide bonds. The molecule has 5 nitrogen and oxygen atoms in total. The number of amides is 1. The summed E-state index contributed by atoms with van der Waals surface area (Å²) in [5.41, 5.74) is 1.49. The number of hydrogen-bond acceptors (Lipinski definition) is 4. The van der Waals surface area contributed by atoms with E-state index in [-0.39, 0.29) is 5.91 Å². The third-order valence-corrected chi connectivity index (χ3v) is 3.70. The molecular formula is C15H20N2O3. The predicted molar refractivity (Wildman–Crippen MR) is 76.4 cm³/mol. The predicted octanol–water partition coefficient (Wildman–Crippen LogP) is 1.79. The summed E-state index contributed by atoms with van der Waals surface area (Å²) >= 11 is 0. The molecule has 0 aliphatic carbocycles. The van der Waals surface area contributed by atoms with Gasteiger partial charge in [0.15, 0.2) is 5.75 Å². The van der Waals surface area contributed by atoms with Gasteiger partial charge in [0.25, 0.3) is 5.91 Å². The quantitative estimate of drug-likeness (QED) is 0.880. The summed E-state index contributed by atoms with van der Waals surface area (Å²) in [6.07, 6.45) is 3.41. The normalized spacial score (nSPS) is 20.7. The Balaban J connectivity index is 1.59. The number of ether oxygens (including phenoxy) is 2. The molecular weight excluding hydrogens is 256 g/mol. The molecule has 1 fully saturated rings. The van der Waals surface area contributed by atoms with Gasteiger partial charge >= 0.3 is 0 Å². The van der Waals surface area contributed by atoms with Crippen molar-refractivity contribution in [2.75, 3.05) is 31.6 Å². The van der Waals surface area contributed by atoms with Crippen LogP contribution in [0.4, 0.5) is 5.69 Å². The number of fused-ring (bicyclic) bond motifs is 1. The zero-order valence-corrected chi connectivity index (χ0v) is 11.5. The first-order valence-corrected chi connectivity index (χ1v) is 7.24. The maximum absolute atomic E-state index is 12.2. The van der Waals surface area contributed by atoms with Gasteiger partial charge in [-0.2, -0.15) is 0 Å². The Labute approximate surface area is 118 Å². The third-order valence-electron chi connectivity index (χ3n) is 3.70. The van der Waals surface area contributed by atoms with Crippen LogP contribution < -0.4 is 15.4 Å². The lowest BCUT2D eigenvalue weighted by Crippen LogP contribution is -2.28. The standard InChI is InChI=1S/C15H20N2O3/c18-15(17-7-6-11-3-2-9-19-11)12-4-1-5-13-14(12)20-10-8-16-13/h1,4-5,11,16H,2-3,6-10H2,(H,17,18). The number of anilines is 1. The molecule has 3 rings (SSSR count). The summed E-state index contributed by atoms with van der Waals surface area (Å²) in [6, 6.07) is 5.60. The molecule has 2 N–H and O–H groups in total. The van der Waals surface area contributed by atoms with Crippen LogP contribution in [0.25, 0.3) is 0 Å². The van der Waals surface area contributed by atoms with Gasteiger partial charge in [0.05, 0.1) is 17.4 Å². The highest BCUT2D eigenvalue weighted by molar-refractivity contribution is 5.98. The van der Waals surface area contributed by atoms with Crippen LogP contribution in [0.1, 0.15) is 29.6 Å². The Kier molecular flexibility index (Phi) is 4.06. The van der Waals surface area contributed by atoms with Crippen LogP contribution in [0.5, 0.6) is 5.75 Å². The van der Waals surface area contributed by atoms with E-state index in [0.717, 1.165) is 38.1 Å². The molecule has 2 heterocycles. The smallest absolute Gasteiger partial charge is 0.255 e. The second kappa shape index (κ2) is 6.13. The number of benzene rings is 1. The Morgan fingerprint density at radius 2 is 2.35 bits per heavy atom. The fourth-order valence-electron chi connectivity index (χ4n) is 2.66. The Bertz CT molecular complexity index is 484. The molecule has 0 spiro atoms. The first kappa shape index (κ1) is 13.2. The number of carbonyl (C=O) groups is 1. The molecule has 1 atom stereocenters. The van der Waals surface area contributed by atoms with Gasteiger partial charge in [-0.15, -0.1) is 0 Å². The molecule has 1 aromatic carbocycles. The van der Waals surface area contributed by atoms with Gasteiger partial charge in [0, 0.05) is 19.7 Å². The maximum Gasteiger partial charge on any atom is 0.255 e. The summed E-state index contributed by atoms with van der Waals surface area (Å²) in [6.45, 7) is 2.86. The minimum Gasteiger partial charge on any atom is -0.489 e. The third kappa shape index (κ3) is 2.88. The molecule has 1 saturated heterocycles. The Morgan fingerprint density at radius 3 is 3.20 bits per heavy atom. The van der Waals surface area contributed by atoms with Crippen LogP contribution in [-0.2, 0) is 4.74 Å². The largest absolute Gasteiger partial charge is 0.489 e. The average Bonchev–Trinajstić information content (AvgIpc) is 3.00. The highest BCUT2D eigenvalue weighted by Gasteiger charge is 2.20. The van der Waals surface area contributed by atoms with E-state index in [1.54, 1.807) is 6.07 Å². The van der Waals surface area contributed by atoms with Gasteiger partial charge in [-0.25, -0.2) is 0 Å². The van der Waals surface area contributed by atoms with E-state index in [9.17, 15) is 4.79 Å². The summed E-state index contributed by atoms with van der Waals surface area (Å²) in [5, 5.41) is 6.18. The van der Waals surface area contributed by atoms with Gasteiger partial charge in [0.2, 0.25) is 0 Å². The minimum atomic E-state index is -0.0800. The van der Waals surface area contributed by atoms with Crippen molar-refractivity contribution in [3.8, 4) is 5.75 Å². The van der Waals surface area contributed by atoms with E-state index in [1.165, 1.54) is 0 Å². The van der Waals surface area contributed by atoms with Crippen LogP contribution in [0.15, 0.2) is 18.2 Å². The van der Waals surface area contributed by atoms with E-state index in [4.69, 9.17) is 9.47 Å². The lowest BCUT2D eigenvalue weighted by atomic mass is 10.1. The van der Waals surface area contributed by atoms with Crippen LogP contribution >= 0.6 is 0 Å². The fraction of sp³-hybridized carbons (Fsp3) is 0.533. The van der Waals surface area contributed by atoms with Gasteiger partial charge in [-0.1, -0.05) is 6.07 Å². The van der Waals surface area contributed by atoms with Crippen LogP contribution in [0.2, 0.25) is 0 Å². The monoisotopic (exact) mass is 276 g/mol. The van der Waals surface area contributed by atoms with Gasteiger partial charge in [-0.05, 0) is 31.4 Å². The van der Waals surface area contributed by atoms with Crippen molar-refractivity contribution in [1.82, 2.24) is 5.32 Å². The first-order chi connectivity index (χ1) is 9.84. The molecule has 0 radical (unpaired) electrons. The van der Waals surface area contributed by atoms with Gasteiger partial charge in [-0.3, -0.25) is 4.79 Å². The van der Waals surface area contributed by atoms with Crippen molar-refractivity contribution in [3.05, 3.63) is 23.8 Å². The zero-order valence-electron chi connectivity index (χ0n) is 11.5. The minimum absolute atomic E-state index is 0.0800. The molecule has 108 valence electrons. The van der Waals surface area contributed by atoms with Gasteiger partial charge < -0.3 is 20.1 Å². The maximum atomic E-state index is 12.2. The Morgan fingerprint density at radius 1 is 1.40 bits per heavy atom. The topological polar surface area (TPSA) is 59.6 Å². The molecule has 5 heteroatoms. The van der Waals surface area contributed by atoms with Crippen molar-refractivity contribution in [2.24, 2.45) is 0 Å². The SMILES string of the molecule is O=C(NCCC1CCCO1)c1cccc2c1OCCN2. The van der Waals surface area contributed by atoms with E-state index < -0.39 is 0 Å². The highest BCUT2D eigenvalue weighted by Crippen LogP contribution is 2.31. The van der Waals surface area contributed by atoms with Gasteiger partial charge in [0.1, 0.15) is 6.61 Å². The average molecular weight is 276 g/mol. The number of nitrogens with one attached hydrogen (secondary N) is 2. The second-order valence-electron chi connectivity index (χ2n) is 5.14. The summed E-state index contributed by atoms with van der Waals surface area (Å²) < 4.78 is 11.2. The van der Waals surface area contributed by atoms with Crippen molar-refractivity contribution >= 4 is 11.6 Å². The fourth-order valence-corrected chi connectivity index (χ4v) is 2.66. The van der Waals surface area contributed by atoms with Crippen LogP contribution in [-0.4, -0.2) is 38.3 Å². The van der Waals surface area contributed by atoms with E-state index in [0.29, 0.717) is 30.6 Å². The van der Waals surface area contributed by atoms with Crippen molar-refractivity contribution < 1.29 is 14.3 Å². The second-order valence-corrected chi connectivity index (χ2v) is 5.14. The highest BCUT2D eigenvalue weighted by atomic mass is 16.5. The van der Waals surface area contributed by atoms with Crippen LogP contribution in [0, 0.1) is 0 Å². The Hall–Kier alpha value is -1.75. The molecule has 2 aliphatic heterocycles. The van der Waals surface area contributed by atoms with Crippen LogP contribution in [0.3, 0.4) is 0 Å². The molecule has 1 aromatic rings. The lowest BCUT2D eigenvalue weighted by molar-refractivity contribution is 0.0904. The van der Waals surface area contributed by atoms with E-state index >= 15 is 0 Å².